The number of ether oxygens (including phenoxy) is 2. The van der Waals surface area contributed by atoms with E-state index in [1.165, 1.54) is 11.1 Å². The summed E-state index contributed by atoms with van der Waals surface area (Å²) >= 11 is 0. The summed E-state index contributed by atoms with van der Waals surface area (Å²) in [5, 5.41) is 0. The summed E-state index contributed by atoms with van der Waals surface area (Å²) in [4.78, 5) is 0. The first-order chi connectivity index (χ1) is 6.72. The van der Waals surface area contributed by atoms with Crippen LogP contribution in [-0.4, -0.2) is 19.8 Å². The third kappa shape index (κ3) is 3.79. The maximum absolute atomic E-state index is 5.54. The van der Waals surface area contributed by atoms with Crippen molar-refractivity contribution in [2.45, 2.75) is 20.8 Å². The fraction of sp³-hybridized carbons (Fsp3) is 0.500. The van der Waals surface area contributed by atoms with Crippen LogP contribution in [0.2, 0.25) is 0 Å². The Balaban J connectivity index is 2.42. The van der Waals surface area contributed by atoms with Gasteiger partial charge < -0.3 is 9.47 Å². The molecule has 78 valence electrons. The van der Waals surface area contributed by atoms with Crippen LogP contribution in [0.1, 0.15) is 18.1 Å². The number of aryl methyl sites for hydroxylation is 2. The summed E-state index contributed by atoms with van der Waals surface area (Å²) in [5.74, 6) is 0.933. The summed E-state index contributed by atoms with van der Waals surface area (Å²) in [6.07, 6.45) is 0. The van der Waals surface area contributed by atoms with Crippen molar-refractivity contribution in [3.05, 3.63) is 29.3 Å². The highest BCUT2D eigenvalue weighted by molar-refractivity contribution is 5.32. The molecule has 0 saturated carbocycles. The van der Waals surface area contributed by atoms with Crippen molar-refractivity contribution in [3.63, 3.8) is 0 Å². The normalized spacial score (nSPS) is 10.2. The Kier molecular flexibility index (Phi) is 4.47. The van der Waals surface area contributed by atoms with E-state index in [0.717, 1.165) is 12.4 Å². The molecule has 0 bridgehead atoms. The zero-order valence-corrected chi connectivity index (χ0v) is 9.17. The Morgan fingerprint density at radius 2 is 1.64 bits per heavy atom. The van der Waals surface area contributed by atoms with Gasteiger partial charge in [0.15, 0.2) is 0 Å². The van der Waals surface area contributed by atoms with E-state index in [1.54, 1.807) is 0 Å². The van der Waals surface area contributed by atoms with Gasteiger partial charge in [-0.25, -0.2) is 0 Å². The van der Waals surface area contributed by atoms with E-state index in [4.69, 9.17) is 9.47 Å². The van der Waals surface area contributed by atoms with Crippen LogP contribution in [0.25, 0.3) is 0 Å². The Bertz CT molecular complexity index is 261. The lowest BCUT2D eigenvalue weighted by Crippen LogP contribution is -2.06. The van der Waals surface area contributed by atoms with Gasteiger partial charge in [0.05, 0.1) is 6.61 Å². The van der Waals surface area contributed by atoms with E-state index < -0.39 is 0 Å². The smallest absolute Gasteiger partial charge is 0.119 e. The van der Waals surface area contributed by atoms with Gasteiger partial charge in [-0.2, -0.15) is 0 Å². The average Bonchev–Trinajstić information content (AvgIpc) is 2.11. The molecule has 0 aliphatic carbocycles. The lowest BCUT2D eigenvalue weighted by atomic mass is 10.1. The molecule has 0 aromatic heterocycles. The minimum atomic E-state index is 0.622. The van der Waals surface area contributed by atoms with Crippen molar-refractivity contribution >= 4 is 0 Å². The summed E-state index contributed by atoms with van der Waals surface area (Å²) in [7, 11) is 0. The predicted molar refractivity (Wildman–Crippen MR) is 57.9 cm³/mol. The van der Waals surface area contributed by atoms with E-state index in [9.17, 15) is 0 Å². The van der Waals surface area contributed by atoms with Gasteiger partial charge >= 0.3 is 0 Å². The standard InChI is InChI=1S/C12H18O2/c1-4-13-5-6-14-12-8-10(2)7-11(3)9-12/h7-9H,4-6H2,1-3H3. The molecule has 0 heterocycles. The van der Waals surface area contributed by atoms with Crippen molar-refractivity contribution in [1.29, 1.82) is 0 Å². The van der Waals surface area contributed by atoms with Crippen molar-refractivity contribution in [3.8, 4) is 5.75 Å². The SMILES string of the molecule is CCOCCOc1cc(C)cc(C)c1. The van der Waals surface area contributed by atoms with Crippen LogP contribution in [-0.2, 0) is 4.74 Å². The molecule has 0 N–H and O–H groups in total. The topological polar surface area (TPSA) is 18.5 Å². The van der Waals surface area contributed by atoms with Gasteiger partial charge in [-0.1, -0.05) is 6.07 Å². The molecule has 1 rings (SSSR count). The summed E-state index contributed by atoms with van der Waals surface area (Å²) in [5.41, 5.74) is 2.47. The molecular weight excluding hydrogens is 176 g/mol. The second-order valence-electron chi connectivity index (χ2n) is 3.37. The Morgan fingerprint density at radius 1 is 1.00 bits per heavy atom. The molecular formula is C12H18O2. The lowest BCUT2D eigenvalue weighted by Gasteiger charge is -2.07. The van der Waals surface area contributed by atoms with Crippen molar-refractivity contribution in [2.24, 2.45) is 0 Å². The van der Waals surface area contributed by atoms with Crippen LogP contribution < -0.4 is 4.74 Å². The number of benzene rings is 1. The maximum atomic E-state index is 5.54. The Hall–Kier alpha value is -1.02. The van der Waals surface area contributed by atoms with Crippen LogP contribution in [0.3, 0.4) is 0 Å². The molecule has 0 unspecified atom stereocenters. The fourth-order valence-corrected chi connectivity index (χ4v) is 1.38. The van der Waals surface area contributed by atoms with Gasteiger partial charge in [0.1, 0.15) is 12.4 Å². The van der Waals surface area contributed by atoms with Crippen LogP contribution >= 0.6 is 0 Å². The molecule has 0 amide bonds. The molecule has 0 spiro atoms. The molecule has 1 aromatic carbocycles. The third-order valence-electron chi connectivity index (χ3n) is 1.90. The van der Waals surface area contributed by atoms with Crippen LogP contribution in [0, 0.1) is 13.8 Å². The average molecular weight is 194 g/mol. The van der Waals surface area contributed by atoms with Crippen molar-refractivity contribution < 1.29 is 9.47 Å². The molecule has 2 nitrogen and oxygen atoms in total. The van der Waals surface area contributed by atoms with Gasteiger partial charge in [-0.05, 0) is 44.0 Å². The first-order valence-electron chi connectivity index (χ1n) is 5.01. The van der Waals surface area contributed by atoms with Gasteiger partial charge in [-0.15, -0.1) is 0 Å². The number of rotatable bonds is 5. The van der Waals surface area contributed by atoms with Crippen LogP contribution in [0.15, 0.2) is 18.2 Å². The summed E-state index contributed by atoms with van der Waals surface area (Å²) in [6.45, 7) is 8.15. The van der Waals surface area contributed by atoms with E-state index in [1.807, 2.05) is 19.1 Å². The molecule has 0 saturated heterocycles. The largest absolute Gasteiger partial charge is 0.491 e. The maximum Gasteiger partial charge on any atom is 0.119 e. The van der Waals surface area contributed by atoms with Gasteiger partial charge in [0.2, 0.25) is 0 Å². The van der Waals surface area contributed by atoms with E-state index in [-0.39, 0.29) is 0 Å². The quantitative estimate of drug-likeness (QED) is 0.671. The van der Waals surface area contributed by atoms with E-state index >= 15 is 0 Å². The van der Waals surface area contributed by atoms with Crippen molar-refractivity contribution in [2.75, 3.05) is 19.8 Å². The van der Waals surface area contributed by atoms with Gasteiger partial charge in [0, 0.05) is 6.61 Å². The zero-order valence-electron chi connectivity index (χ0n) is 9.17. The Labute approximate surface area is 85.8 Å². The summed E-state index contributed by atoms with van der Waals surface area (Å²) in [6, 6.07) is 6.22. The highest BCUT2D eigenvalue weighted by atomic mass is 16.5. The molecule has 14 heavy (non-hydrogen) atoms. The predicted octanol–water partition coefficient (Wildman–Crippen LogP) is 2.72. The minimum absolute atomic E-state index is 0.622. The highest BCUT2D eigenvalue weighted by Gasteiger charge is 1.96. The van der Waals surface area contributed by atoms with E-state index in [2.05, 4.69) is 19.9 Å². The number of hydrogen-bond donors (Lipinski definition) is 0. The summed E-state index contributed by atoms with van der Waals surface area (Å²) < 4.78 is 10.7. The molecule has 1 aromatic rings. The monoisotopic (exact) mass is 194 g/mol. The van der Waals surface area contributed by atoms with Crippen molar-refractivity contribution in [1.82, 2.24) is 0 Å². The number of hydrogen-bond acceptors (Lipinski definition) is 2. The lowest BCUT2D eigenvalue weighted by molar-refractivity contribution is 0.110. The third-order valence-corrected chi connectivity index (χ3v) is 1.90. The molecule has 2 heteroatoms. The zero-order chi connectivity index (χ0) is 10.4. The van der Waals surface area contributed by atoms with Crippen LogP contribution in [0.4, 0.5) is 0 Å². The first kappa shape index (κ1) is 11.1. The molecule has 0 aliphatic rings. The molecule has 0 aliphatic heterocycles. The second kappa shape index (κ2) is 5.66. The molecule has 0 fully saturated rings. The first-order valence-corrected chi connectivity index (χ1v) is 5.01. The highest BCUT2D eigenvalue weighted by Crippen LogP contribution is 2.15. The van der Waals surface area contributed by atoms with Gasteiger partial charge in [0.25, 0.3) is 0 Å². The second-order valence-corrected chi connectivity index (χ2v) is 3.37. The minimum Gasteiger partial charge on any atom is -0.491 e. The van der Waals surface area contributed by atoms with Gasteiger partial charge in [-0.3, -0.25) is 0 Å². The molecule has 0 atom stereocenters. The van der Waals surface area contributed by atoms with Crippen LogP contribution in [0.5, 0.6) is 5.75 Å². The van der Waals surface area contributed by atoms with E-state index in [0.29, 0.717) is 13.2 Å². The molecule has 0 radical (unpaired) electrons. The Morgan fingerprint density at radius 3 is 2.21 bits per heavy atom. The fourth-order valence-electron chi connectivity index (χ4n) is 1.38.